The van der Waals surface area contributed by atoms with Gasteiger partial charge in [-0.25, -0.2) is 14.4 Å². The Morgan fingerprint density at radius 3 is 2.88 bits per heavy atom. The average Bonchev–Trinajstić information content (AvgIpc) is 3.54. The summed E-state index contributed by atoms with van der Waals surface area (Å²) in [4.78, 5) is 24.7. The summed E-state index contributed by atoms with van der Waals surface area (Å²) in [6, 6.07) is 2.99. The molecule has 0 bridgehead atoms. The van der Waals surface area contributed by atoms with E-state index in [1.54, 1.807) is 12.3 Å². The summed E-state index contributed by atoms with van der Waals surface area (Å²) >= 11 is 0. The molecule has 3 aromatic rings. The van der Waals surface area contributed by atoms with Crippen molar-refractivity contribution in [3.63, 3.8) is 0 Å². The van der Waals surface area contributed by atoms with Crippen LogP contribution in [0.5, 0.6) is 11.5 Å². The molecule has 5 rings (SSSR count). The Morgan fingerprint density at radius 1 is 1.25 bits per heavy atom. The number of aromatic amines is 1. The molecule has 3 N–H and O–H groups in total. The summed E-state index contributed by atoms with van der Waals surface area (Å²) in [6.45, 7) is 2.28. The molecule has 1 aromatic carbocycles. The highest BCUT2D eigenvalue weighted by atomic mass is 19.1. The largest absolute Gasteiger partial charge is 0.494 e. The van der Waals surface area contributed by atoms with Crippen LogP contribution in [-0.4, -0.2) is 53.7 Å². The van der Waals surface area contributed by atoms with Gasteiger partial charge < -0.3 is 25.1 Å². The van der Waals surface area contributed by atoms with Gasteiger partial charge in [0.05, 0.1) is 24.8 Å². The summed E-state index contributed by atoms with van der Waals surface area (Å²) < 4.78 is 25.8. The first-order valence-corrected chi connectivity index (χ1v) is 11.0. The molecule has 0 radical (unpaired) electrons. The molecule has 0 spiro atoms. The molecule has 1 atom stereocenters. The van der Waals surface area contributed by atoms with Gasteiger partial charge in [0, 0.05) is 30.4 Å². The number of aromatic nitrogens is 3. The molecule has 168 valence electrons. The fourth-order valence-electron chi connectivity index (χ4n) is 4.04. The third-order valence-electron chi connectivity index (χ3n) is 6.02. The number of hydrogen-bond acceptors (Lipinski definition) is 6. The Hall–Kier alpha value is -3.20. The zero-order valence-corrected chi connectivity index (χ0v) is 17.9. The molecule has 3 heterocycles. The lowest BCUT2D eigenvalue weighted by molar-refractivity contribution is 0.0932. The summed E-state index contributed by atoms with van der Waals surface area (Å²) in [5, 5.41) is 6.36. The van der Waals surface area contributed by atoms with Crippen molar-refractivity contribution in [3.05, 3.63) is 36.0 Å². The maximum Gasteiger partial charge on any atom is 0.255 e. The lowest BCUT2D eigenvalue weighted by Crippen LogP contribution is -2.45. The molecule has 2 aliphatic rings. The Morgan fingerprint density at radius 2 is 2.12 bits per heavy atom. The highest BCUT2D eigenvalue weighted by Crippen LogP contribution is 2.39. The number of nitrogens with zero attached hydrogens (tertiary/aromatic N) is 2. The third-order valence-corrected chi connectivity index (χ3v) is 6.02. The van der Waals surface area contributed by atoms with Crippen LogP contribution in [0.15, 0.2) is 24.7 Å². The highest BCUT2D eigenvalue weighted by molar-refractivity contribution is 6.08. The number of H-pyrrole nitrogens is 1. The molecular formula is C23H26FN5O3. The zero-order chi connectivity index (χ0) is 22.1. The van der Waals surface area contributed by atoms with Crippen LogP contribution in [0.25, 0.3) is 22.3 Å². The number of methoxy groups -OCH3 is 1. The summed E-state index contributed by atoms with van der Waals surface area (Å²) in [7, 11) is 1.42. The Labute approximate surface area is 184 Å². The lowest BCUT2D eigenvalue weighted by atomic mass is 10.1. The van der Waals surface area contributed by atoms with Crippen LogP contribution < -0.4 is 20.1 Å². The molecule has 9 heteroatoms. The number of halogens is 1. The van der Waals surface area contributed by atoms with E-state index in [2.05, 4.69) is 25.6 Å². The first kappa shape index (κ1) is 20.7. The first-order chi connectivity index (χ1) is 15.6. The van der Waals surface area contributed by atoms with E-state index in [1.165, 1.54) is 19.5 Å². The number of fused-ring (bicyclic) bond motifs is 1. The van der Waals surface area contributed by atoms with Crippen LogP contribution in [0.1, 0.15) is 36.0 Å². The number of rotatable bonds is 7. The van der Waals surface area contributed by atoms with Crippen molar-refractivity contribution in [2.24, 2.45) is 5.92 Å². The Balaban J connectivity index is 1.50. The summed E-state index contributed by atoms with van der Waals surface area (Å²) in [6.07, 6.45) is 7.25. The van der Waals surface area contributed by atoms with E-state index in [-0.39, 0.29) is 17.7 Å². The molecule has 8 nitrogen and oxygen atoms in total. The van der Waals surface area contributed by atoms with E-state index in [0.717, 1.165) is 38.8 Å². The van der Waals surface area contributed by atoms with E-state index in [1.807, 2.05) is 0 Å². The van der Waals surface area contributed by atoms with Crippen LogP contribution in [-0.2, 0) is 0 Å². The first-order valence-electron chi connectivity index (χ1n) is 11.0. The maximum atomic E-state index is 14.6. The fourth-order valence-corrected chi connectivity index (χ4v) is 4.04. The van der Waals surface area contributed by atoms with Gasteiger partial charge >= 0.3 is 0 Å². The van der Waals surface area contributed by atoms with Gasteiger partial charge in [-0.1, -0.05) is 0 Å². The van der Waals surface area contributed by atoms with Gasteiger partial charge in [-0.05, 0) is 44.2 Å². The van der Waals surface area contributed by atoms with Crippen molar-refractivity contribution >= 4 is 16.9 Å². The monoisotopic (exact) mass is 439 g/mol. The maximum absolute atomic E-state index is 14.6. The van der Waals surface area contributed by atoms with E-state index in [9.17, 15) is 9.18 Å². The van der Waals surface area contributed by atoms with Crippen LogP contribution in [0.4, 0.5) is 4.39 Å². The number of ether oxygens (including phenoxy) is 2. The lowest BCUT2D eigenvalue weighted by Gasteiger charge is -2.23. The number of benzene rings is 1. The van der Waals surface area contributed by atoms with Gasteiger partial charge in [-0.3, -0.25) is 4.79 Å². The molecule has 32 heavy (non-hydrogen) atoms. The molecule has 2 aromatic heterocycles. The van der Waals surface area contributed by atoms with Gasteiger partial charge in [0.25, 0.3) is 5.91 Å². The van der Waals surface area contributed by atoms with Gasteiger partial charge in [-0.15, -0.1) is 0 Å². The predicted molar refractivity (Wildman–Crippen MR) is 117 cm³/mol. The van der Waals surface area contributed by atoms with Crippen molar-refractivity contribution in [3.8, 4) is 22.8 Å². The predicted octanol–water partition coefficient (Wildman–Crippen LogP) is 3.04. The Bertz CT molecular complexity index is 1140. The van der Waals surface area contributed by atoms with Crippen molar-refractivity contribution in [2.75, 3.05) is 26.8 Å². The zero-order valence-electron chi connectivity index (χ0n) is 17.9. The summed E-state index contributed by atoms with van der Waals surface area (Å²) in [5.41, 5.74) is 2.44. The standard InChI is InChI=1S/C23H26FN5O3/c1-31-19-8-18(32-11-13-4-5-13)15(7-17(19)24)20-22-21(28-12-27-20)16(10-26-22)23(30)29-14-3-2-6-25-9-14/h7-8,10,12-14,25-26H,2-6,9,11H2,1H3,(H,29,30)/t14-/m0/s1. The van der Waals surface area contributed by atoms with Gasteiger partial charge in [0.2, 0.25) is 0 Å². The van der Waals surface area contributed by atoms with Gasteiger partial charge in [-0.2, -0.15) is 0 Å². The second kappa shape index (κ2) is 8.74. The van der Waals surface area contributed by atoms with E-state index < -0.39 is 5.82 Å². The molecule has 0 unspecified atom stereocenters. The van der Waals surface area contributed by atoms with Crippen molar-refractivity contribution in [1.29, 1.82) is 0 Å². The molecule has 1 saturated heterocycles. The van der Waals surface area contributed by atoms with Crippen molar-refractivity contribution in [2.45, 2.75) is 31.7 Å². The minimum atomic E-state index is -0.512. The van der Waals surface area contributed by atoms with Crippen LogP contribution in [0, 0.1) is 11.7 Å². The fraction of sp³-hybridized carbons (Fsp3) is 0.435. The molecule has 1 aliphatic heterocycles. The summed E-state index contributed by atoms with van der Waals surface area (Å²) in [5.74, 6) is 0.420. The molecule has 1 amide bonds. The van der Waals surface area contributed by atoms with E-state index in [0.29, 0.717) is 46.1 Å². The van der Waals surface area contributed by atoms with E-state index >= 15 is 0 Å². The minimum Gasteiger partial charge on any atom is -0.494 e. The van der Waals surface area contributed by atoms with Crippen LogP contribution >= 0.6 is 0 Å². The van der Waals surface area contributed by atoms with Crippen molar-refractivity contribution in [1.82, 2.24) is 25.6 Å². The van der Waals surface area contributed by atoms with Crippen LogP contribution in [0.2, 0.25) is 0 Å². The number of piperidine rings is 1. The molecule has 1 aliphatic carbocycles. The SMILES string of the molecule is COc1cc(OCC2CC2)c(-c2ncnc3c(C(=O)N[C@H]4CCCNC4)c[nH]c23)cc1F. The topological polar surface area (TPSA) is 101 Å². The quantitative estimate of drug-likeness (QED) is 0.523. The normalized spacial score (nSPS) is 18.5. The second-order valence-corrected chi connectivity index (χ2v) is 8.40. The average molecular weight is 439 g/mol. The number of nitrogens with one attached hydrogen (secondary N) is 3. The third kappa shape index (κ3) is 4.12. The van der Waals surface area contributed by atoms with Gasteiger partial charge in [0.15, 0.2) is 11.6 Å². The Kier molecular flexibility index (Phi) is 5.65. The number of carbonyl (C=O) groups excluding carboxylic acids is 1. The number of carbonyl (C=O) groups is 1. The van der Waals surface area contributed by atoms with Crippen molar-refractivity contribution < 1.29 is 18.7 Å². The molecule has 2 fully saturated rings. The molecule has 1 saturated carbocycles. The smallest absolute Gasteiger partial charge is 0.255 e. The van der Waals surface area contributed by atoms with E-state index in [4.69, 9.17) is 9.47 Å². The number of hydrogen-bond donors (Lipinski definition) is 3. The minimum absolute atomic E-state index is 0.0839. The highest BCUT2D eigenvalue weighted by Gasteiger charge is 2.25. The van der Waals surface area contributed by atoms with Gasteiger partial charge in [0.1, 0.15) is 23.3 Å². The molecular weight excluding hydrogens is 413 g/mol. The number of amides is 1. The van der Waals surface area contributed by atoms with Crippen LogP contribution in [0.3, 0.4) is 0 Å². The second-order valence-electron chi connectivity index (χ2n) is 8.40.